The fourth-order valence-corrected chi connectivity index (χ4v) is 3.66. The Kier molecular flexibility index (Phi) is 6.62. The van der Waals surface area contributed by atoms with E-state index in [1.165, 1.54) is 11.3 Å². The molecular formula is C24H20N2O5S. The van der Waals surface area contributed by atoms with Crippen molar-refractivity contribution in [2.45, 2.75) is 6.92 Å². The minimum Gasteiger partial charge on any atom is -0.484 e. The summed E-state index contributed by atoms with van der Waals surface area (Å²) < 4.78 is 16.8. The van der Waals surface area contributed by atoms with Crippen molar-refractivity contribution in [1.29, 1.82) is 0 Å². The van der Waals surface area contributed by atoms with Crippen LogP contribution < -0.4 is 10.2 Å². The fourth-order valence-electron chi connectivity index (χ4n) is 3.08. The molecule has 4 rings (SSSR count). The van der Waals surface area contributed by atoms with E-state index in [1.54, 1.807) is 31.3 Å². The van der Waals surface area contributed by atoms with Crippen molar-refractivity contribution < 1.29 is 23.5 Å². The van der Waals surface area contributed by atoms with Gasteiger partial charge in [-0.3, -0.25) is 4.79 Å². The standard InChI is InChI=1S/C24H20N2O5S/c1-2-29-24(28)22-19-13-17(30-15-21(27)26-25-14-18-9-6-12-32-18)10-11-20(19)31-23(22)16-7-4-3-5-8-16/h3-14H,2,15H2,1H3,(H,26,27). The van der Waals surface area contributed by atoms with Gasteiger partial charge in [0.25, 0.3) is 5.91 Å². The Hall–Kier alpha value is -3.91. The molecular weight excluding hydrogens is 428 g/mol. The van der Waals surface area contributed by atoms with Crippen molar-refractivity contribution in [3.63, 3.8) is 0 Å². The van der Waals surface area contributed by atoms with Crippen molar-refractivity contribution in [2.75, 3.05) is 13.2 Å². The highest BCUT2D eigenvalue weighted by Crippen LogP contribution is 2.36. The number of carbonyl (C=O) groups excluding carboxylic acids is 2. The second-order valence-electron chi connectivity index (χ2n) is 6.65. The molecule has 1 N–H and O–H groups in total. The number of carbonyl (C=O) groups is 2. The molecule has 2 heterocycles. The van der Waals surface area contributed by atoms with Crippen molar-refractivity contribution >= 4 is 40.4 Å². The molecule has 0 aliphatic heterocycles. The average Bonchev–Trinajstić information content (AvgIpc) is 3.46. The van der Waals surface area contributed by atoms with Gasteiger partial charge in [0.2, 0.25) is 0 Å². The van der Waals surface area contributed by atoms with Gasteiger partial charge < -0.3 is 13.9 Å². The number of ether oxygens (including phenoxy) is 2. The van der Waals surface area contributed by atoms with Crippen molar-refractivity contribution in [3.05, 3.63) is 76.5 Å². The molecule has 0 spiro atoms. The van der Waals surface area contributed by atoms with Gasteiger partial charge in [0.05, 0.1) is 12.8 Å². The molecule has 0 fully saturated rings. The quantitative estimate of drug-likeness (QED) is 0.236. The summed E-state index contributed by atoms with van der Waals surface area (Å²) in [6, 6.07) is 18.2. The third kappa shape index (κ3) is 4.87. The van der Waals surface area contributed by atoms with E-state index >= 15 is 0 Å². The van der Waals surface area contributed by atoms with E-state index < -0.39 is 11.9 Å². The summed E-state index contributed by atoms with van der Waals surface area (Å²) in [6.07, 6.45) is 1.57. The first-order chi connectivity index (χ1) is 15.7. The summed E-state index contributed by atoms with van der Waals surface area (Å²) in [6.45, 7) is 1.75. The zero-order valence-corrected chi connectivity index (χ0v) is 18.1. The second-order valence-corrected chi connectivity index (χ2v) is 7.63. The number of benzene rings is 2. The van der Waals surface area contributed by atoms with E-state index in [2.05, 4.69) is 10.5 Å². The Morgan fingerprint density at radius 3 is 2.72 bits per heavy atom. The third-order valence-electron chi connectivity index (χ3n) is 4.47. The van der Waals surface area contributed by atoms with Crippen LogP contribution >= 0.6 is 11.3 Å². The third-order valence-corrected chi connectivity index (χ3v) is 5.28. The van der Waals surface area contributed by atoms with E-state index in [1.807, 2.05) is 47.8 Å². The predicted molar refractivity (Wildman–Crippen MR) is 123 cm³/mol. The lowest BCUT2D eigenvalue weighted by molar-refractivity contribution is -0.123. The SMILES string of the molecule is CCOC(=O)c1c(-c2ccccc2)oc2ccc(OCC(=O)NN=Cc3cccs3)cc12. The smallest absolute Gasteiger partial charge is 0.342 e. The van der Waals surface area contributed by atoms with Crippen LogP contribution in [0.4, 0.5) is 0 Å². The first-order valence-corrected chi connectivity index (χ1v) is 10.8. The lowest BCUT2D eigenvalue weighted by Gasteiger charge is -2.06. The lowest BCUT2D eigenvalue weighted by atomic mass is 10.1. The number of hydrogen-bond acceptors (Lipinski definition) is 7. The largest absolute Gasteiger partial charge is 0.484 e. The second kappa shape index (κ2) is 9.93. The van der Waals surface area contributed by atoms with Crippen molar-refractivity contribution in [3.8, 4) is 17.1 Å². The van der Waals surface area contributed by atoms with Gasteiger partial charge in [0.1, 0.15) is 22.7 Å². The molecule has 0 radical (unpaired) electrons. The van der Waals surface area contributed by atoms with Gasteiger partial charge >= 0.3 is 5.97 Å². The van der Waals surface area contributed by atoms with Crippen LogP contribution in [0.5, 0.6) is 5.75 Å². The summed E-state index contributed by atoms with van der Waals surface area (Å²) in [7, 11) is 0. The molecule has 0 unspecified atom stereocenters. The van der Waals surface area contributed by atoms with Crippen LogP contribution in [-0.4, -0.2) is 31.3 Å². The molecule has 0 bridgehead atoms. The molecule has 7 nitrogen and oxygen atoms in total. The fraction of sp³-hybridized carbons (Fsp3) is 0.125. The highest BCUT2D eigenvalue weighted by molar-refractivity contribution is 7.11. The minimum atomic E-state index is -0.483. The van der Waals surface area contributed by atoms with Gasteiger partial charge in [0.15, 0.2) is 6.61 Å². The first-order valence-electron chi connectivity index (χ1n) is 9.93. The molecule has 0 saturated carbocycles. The average molecular weight is 449 g/mol. The summed E-state index contributed by atoms with van der Waals surface area (Å²) in [5.74, 6) is -0.0405. The topological polar surface area (TPSA) is 90.1 Å². The summed E-state index contributed by atoms with van der Waals surface area (Å²) in [4.78, 5) is 25.7. The van der Waals surface area contributed by atoms with E-state index in [0.29, 0.717) is 28.0 Å². The van der Waals surface area contributed by atoms with Gasteiger partial charge in [-0.1, -0.05) is 36.4 Å². The zero-order chi connectivity index (χ0) is 22.3. The summed E-state index contributed by atoms with van der Waals surface area (Å²) in [5.41, 5.74) is 4.02. The number of fused-ring (bicyclic) bond motifs is 1. The van der Waals surface area contributed by atoms with E-state index in [0.717, 1.165) is 10.4 Å². The Bertz CT molecular complexity index is 1250. The van der Waals surface area contributed by atoms with Gasteiger partial charge in [-0.25, -0.2) is 10.2 Å². The van der Waals surface area contributed by atoms with Crippen LogP contribution in [0.3, 0.4) is 0 Å². The van der Waals surface area contributed by atoms with Gasteiger partial charge in [0, 0.05) is 15.8 Å². The number of nitrogens with one attached hydrogen (secondary N) is 1. The predicted octanol–water partition coefficient (Wildman–Crippen LogP) is 4.87. The minimum absolute atomic E-state index is 0.231. The number of hydrogen-bond donors (Lipinski definition) is 1. The van der Waals surface area contributed by atoms with Crippen LogP contribution in [0, 0.1) is 0 Å². The maximum atomic E-state index is 12.7. The molecule has 162 valence electrons. The molecule has 0 atom stereocenters. The normalized spacial score (nSPS) is 11.0. The number of rotatable bonds is 8. The van der Waals surface area contributed by atoms with Crippen LogP contribution in [0.25, 0.3) is 22.3 Å². The van der Waals surface area contributed by atoms with Crippen LogP contribution in [0.15, 0.2) is 75.6 Å². The summed E-state index contributed by atoms with van der Waals surface area (Å²) >= 11 is 1.51. The molecule has 8 heteroatoms. The molecule has 4 aromatic rings. The van der Waals surface area contributed by atoms with Gasteiger partial charge in [-0.05, 0) is 36.6 Å². The molecule has 0 aliphatic rings. The Morgan fingerprint density at radius 2 is 1.97 bits per heavy atom. The lowest BCUT2D eigenvalue weighted by Crippen LogP contribution is -2.24. The summed E-state index contributed by atoms with van der Waals surface area (Å²) in [5, 5.41) is 6.37. The van der Waals surface area contributed by atoms with Crippen molar-refractivity contribution in [2.24, 2.45) is 5.10 Å². The monoisotopic (exact) mass is 448 g/mol. The van der Waals surface area contributed by atoms with Crippen LogP contribution in [0.2, 0.25) is 0 Å². The first kappa shape index (κ1) is 21.3. The number of esters is 1. The number of nitrogens with zero attached hydrogens (tertiary/aromatic N) is 1. The molecule has 2 aromatic carbocycles. The highest BCUT2D eigenvalue weighted by atomic mass is 32.1. The Morgan fingerprint density at radius 1 is 1.12 bits per heavy atom. The maximum absolute atomic E-state index is 12.7. The number of amides is 1. The van der Waals surface area contributed by atoms with Crippen LogP contribution in [-0.2, 0) is 9.53 Å². The molecule has 2 aromatic heterocycles. The number of hydrazone groups is 1. The number of furan rings is 1. The van der Waals surface area contributed by atoms with Gasteiger partial charge in [-0.15, -0.1) is 11.3 Å². The van der Waals surface area contributed by atoms with Crippen molar-refractivity contribution in [1.82, 2.24) is 5.43 Å². The van der Waals surface area contributed by atoms with E-state index in [-0.39, 0.29) is 13.2 Å². The molecule has 0 aliphatic carbocycles. The Balaban J connectivity index is 1.54. The Labute approximate surface area is 188 Å². The van der Waals surface area contributed by atoms with Gasteiger partial charge in [-0.2, -0.15) is 5.10 Å². The van der Waals surface area contributed by atoms with E-state index in [9.17, 15) is 9.59 Å². The number of thiophene rings is 1. The highest BCUT2D eigenvalue weighted by Gasteiger charge is 2.23. The molecule has 1 amide bonds. The zero-order valence-electron chi connectivity index (χ0n) is 17.2. The maximum Gasteiger partial charge on any atom is 0.342 e. The molecule has 32 heavy (non-hydrogen) atoms. The van der Waals surface area contributed by atoms with Crippen LogP contribution in [0.1, 0.15) is 22.2 Å². The van der Waals surface area contributed by atoms with E-state index in [4.69, 9.17) is 13.9 Å². The molecule has 0 saturated heterocycles.